The van der Waals surface area contributed by atoms with Gasteiger partial charge in [-0.25, -0.2) is 4.39 Å². The second kappa shape index (κ2) is 9.49. The number of ether oxygens (including phenoxy) is 1. The van der Waals surface area contributed by atoms with Gasteiger partial charge in [0, 0.05) is 43.9 Å². The Balaban J connectivity index is 1.28. The lowest BCUT2D eigenvalue weighted by Gasteiger charge is -2.33. The molecule has 0 aliphatic carbocycles. The largest absolute Gasteiger partial charge is 0.378 e. The van der Waals surface area contributed by atoms with Crippen molar-refractivity contribution in [3.63, 3.8) is 0 Å². The van der Waals surface area contributed by atoms with Crippen molar-refractivity contribution < 1.29 is 13.9 Å². The van der Waals surface area contributed by atoms with Crippen LogP contribution in [-0.2, 0) is 16.0 Å². The molecule has 0 saturated carbocycles. The van der Waals surface area contributed by atoms with Gasteiger partial charge in [-0.3, -0.25) is 9.78 Å². The Hall–Kier alpha value is -2.27. The number of benzene rings is 1. The standard InChI is InChI=1S/C24H29FN2O2/c25-22-7-2-1-5-20(22)15-18-8-9-23(26-17-18)19-10-12-27(13-11-19)24(28)16-21-6-3-4-14-29-21/h1-2,5,7-9,17,19,21H,3-4,6,10-16H2/t21-/m0/s1. The Morgan fingerprint density at radius 2 is 1.93 bits per heavy atom. The Bertz CT molecular complexity index is 810. The van der Waals surface area contributed by atoms with E-state index in [1.807, 2.05) is 29.3 Å². The fourth-order valence-corrected chi connectivity index (χ4v) is 4.36. The van der Waals surface area contributed by atoms with Crippen LogP contribution in [0.2, 0.25) is 0 Å². The number of hydrogen-bond donors (Lipinski definition) is 0. The van der Waals surface area contributed by atoms with Crippen LogP contribution in [-0.4, -0.2) is 41.6 Å². The third kappa shape index (κ3) is 5.21. The number of likely N-dealkylation sites (tertiary alicyclic amines) is 1. The van der Waals surface area contributed by atoms with Crippen molar-refractivity contribution in [1.29, 1.82) is 0 Å². The van der Waals surface area contributed by atoms with E-state index in [1.54, 1.807) is 6.07 Å². The predicted octanol–water partition coefficient (Wildman–Crippen LogP) is 4.48. The van der Waals surface area contributed by atoms with Gasteiger partial charge in [-0.2, -0.15) is 0 Å². The lowest BCUT2D eigenvalue weighted by atomic mass is 9.92. The summed E-state index contributed by atoms with van der Waals surface area (Å²) >= 11 is 0. The summed E-state index contributed by atoms with van der Waals surface area (Å²) in [5.41, 5.74) is 2.78. The quantitative estimate of drug-likeness (QED) is 0.749. The maximum atomic E-state index is 13.8. The first-order valence-electron chi connectivity index (χ1n) is 10.8. The summed E-state index contributed by atoms with van der Waals surface area (Å²) in [4.78, 5) is 19.2. The molecule has 2 saturated heterocycles. The molecular formula is C24H29FN2O2. The average molecular weight is 397 g/mol. The Kier molecular flexibility index (Phi) is 6.55. The summed E-state index contributed by atoms with van der Waals surface area (Å²) in [6.07, 6.45) is 8.21. The summed E-state index contributed by atoms with van der Waals surface area (Å²) in [5.74, 6) is 0.434. The van der Waals surface area contributed by atoms with Gasteiger partial charge in [-0.15, -0.1) is 0 Å². The topological polar surface area (TPSA) is 42.4 Å². The highest BCUT2D eigenvalue weighted by Crippen LogP contribution is 2.28. The van der Waals surface area contributed by atoms with E-state index in [9.17, 15) is 9.18 Å². The van der Waals surface area contributed by atoms with Crippen molar-refractivity contribution in [3.05, 3.63) is 65.2 Å². The molecule has 1 aromatic carbocycles. The Morgan fingerprint density at radius 3 is 2.62 bits per heavy atom. The van der Waals surface area contributed by atoms with E-state index in [0.717, 1.165) is 56.6 Å². The molecule has 2 aliphatic heterocycles. The van der Waals surface area contributed by atoms with Crippen molar-refractivity contribution in [2.24, 2.45) is 0 Å². The lowest BCUT2D eigenvalue weighted by Crippen LogP contribution is -2.40. The van der Waals surface area contributed by atoms with E-state index >= 15 is 0 Å². The maximum Gasteiger partial charge on any atom is 0.225 e. The molecule has 1 atom stereocenters. The minimum absolute atomic E-state index is 0.109. The van der Waals surface area contributed by atoms with Crippen LogP contribution in [0, 0.1) is 5.82 Å². The van der Waals surface area contributed by atoms with Gasteiger partial charge < -0.3 is 9.64 Å². The summed E-state index contributed by atoms with van der Waals surface area (Å²) in [7, 11) is 0. The zero-order valence-corrected chi connectivity index (χ0v) is 16.9. The molecule has 2 fully saturated rings. The number of carbonyl (C=O) groups excluding carboxylic acids is 1. The highest BCUT2D eigenvalue weighted by Gasteiger charge is 2.27. The van der Waals surface area contributed by atoms with Gasteiger partial charge in [-0.05, 0) is 55.4 Å². The summed E-state index contributed by atoms with van der Waals surface area (Å²) < 4.78 is 19.5. The normalized spacial score (nSPS) is 20.6. The minimum Gasteiger partial charge on any atom is -0.378 e. The van der Waals surface area contributed by atoms with Gasteiger partial charge in [-0.1, -0.05) is 24.3 Å². The molecule has 2 aliphatic rings. The van der Waals surface area contributed by atoms with Gasteiger partial charge >= 0.3 is 0 Å². The van der Waals surface area contributed by atoms with Crippen molar-refractivity contribution in [1.82, 2.24) is 9.88 Å². The first-order chi connectivity index (χ1) is 14.2. The van der Waals surface area contributed by atoms with Crippen LogP contribution in [0.15, 0.2) is 42.6 Å². The molecular weight excluding hydrogens is 367 g/mol. The third-order valence-electron chi connectivity index (χ3n) is 6.14. The lowest BCUT2D eigenvalue weighted by molar-refractivity contribution is -0.136. The van der Waals surface area contributed by atoms with Crippen LogP contribution < -0.4 is 0 Å². The number of amides is 1. The van der Waals surface area contributed by atoms with E-state index in [2.05, 4.69) is 11.1 Å². The third-order valence-corrected chi connectivity index (χ3v) is 6.14. The zero-order valence-electron chi connectivity index (χ0n) is 16.9. The molecule has 4 rings (SSSR count). The SMILES string of the molecule is O=C(C[C@@H]1CCCCO1)N1CCC(c2ccc(Cc3ccccc3F)cn2)CC1. The molecule has 0 N–H and O–H groups in total. The van der Waals surface area contributed by atoms with Gasteiger partial charge in [0.05, 0.1) is 12.5 Å². The Labute approximate surface area is 172 Å². The number of pyridine rings is 1. The number of nitrogens with zero attached hydrogens (tertiary/aromatic N) is 2. The van der Waals surface area contributed by atoms with Gasteiger partial charge in [0.2, 0.25) is 5.91 Å². The molecule has 154 valence electrons. The van der Waals surface area contributed by atoms with E-state index in [4.69, 9.17) is 4.74 Å². The van der Waals surface area contributed by atoms with Crippen molar-refractivity contribution in [2.75, 3.05) is 19.7 Å². The molecule has 3 heterocycles. The number of aromatic nitrogens is 1. The van der Waals surface area contributed by atoms with E-state index < -0.39 is 0 Å². The molecule has 0 spiro atoms. The molecule has 0 bridgehead atoms. The van der Waals surface area contributed by atoms with Gasteiger partial charge in [0.25, 0.3) is 0 Å². The predicted molar refractivity (Wildman–Crippen MR) is 110 cm³/mol. The number of hydrogen-bond acceptors (Lipinski definition) is 3. The zero-order chi connectivity index (χ0) is 20.1. The highest BCUT2D eigenvalue weighted by molar-refractivity contribution is 5.76. The molecule has 4 nitrogen and oxygen atoms in total. The van der Waals surface area contributed by atoms with Crippen LogP contribution >= 0.6 is 0 Å². The number of rotatable bonds is 5. The van der Waals surface area contributed by atoms with Crippen molar-refractivity contribution >= 4 is 5.91 Å². The number of carbonyl (C=O) groups is 1. The number of halogens is 1. The summed E-state index contributed by atoms with van der Waals surface area (Å²) in [6, 6.07) is 11.0. The van der Waals surface area contributed by atoms with Crippen molar-refractivity contribution in [3.8, 4) is 0 Å². The van der Waals surface area contributed by atoms with Crippen molar-refractivity contribution in [2.45, 2.75) is 57.0 Å². The van der Waals surface area contributed by atoms with Crippen LogP contribution in [0.4, 0.5) is 4.39 Å². The molecule has 1 amide bonds. The molecule has 0 unspecified atom stereocenters. The first kappa shape index (κ1) is 20.0. The van der Waals surface area contributed by atoms with E-state index in [1.165, 1.54) is 12.5 Å². The molecule has 29 heavy (non-hydrogen) atoms. The molecule has 5 heteroatoms. The second-order valence-corrected chi connectivity index (χ2v) is 8.21. The number of piperidine rings is 1. The van der Waals surface area contributed by atoms with Gasteiger partial charge in [0.1, 0.15) is 5.82 Å². The smallest absolute Gasteiger partial charge is 0.225 e. The average Bonchev–Trinajstić information content (AvgIpc) is 2.77. The van der Waals surface area contributed by atoms with Gasteiger partial charge in [0.15, 0.2) is 0 Å². The van der Waals surface area contributed by atoms with Crippen LogP contribution in [0.5, 0.6) is 0 Å². The molecule has 2 aromatic rings. The van der Waals surface area contributed by atoms with E-state index in [-0.39, 0.29) is 17.8 Å². The van der Waals surface area contributed by atoms with Crippen LogP contribution in [0.3, 0.4) is 0 Å². The minimum atomic E-state index is -0.174. The molecule has 0 radical (unpaired) electrons. The summed E-state index contributed by atoms with van der Waals surface area (Å²) in [6.45, 7) is 2.36. The Morgan fingerprint density at radius 1 is 1.10 bits per heavy atom. The first-order valence-corrected chi connectivity index (χ1v) is 10.8. The van der Waals surface area contributed by atoms with Crippen LogP contribution in [0.1, 0.15) is 61.3 Å². The maximum absolute atomic E-state index is 13.8. The monoisotopic (exact) mass is 396 g/mol. The fourth-order valence-electron chi connectivity index (χ4n) is 4.36. The second-order valence-electron chi connectivity index (χ2n) is 8.21. The fraction of sp³-hybridized carbons (Fsp3) is 0.500. The molecule has 1 aromatic heterocycles. The summed E-state index contributed by atoms with van der Waals surface area (Å²) in [5, 5.41) is 0. The van der Waals surface area contributed by atoms with E-state index in [0.29, 0.717) is 24.3 Å². The highest BCUT2D eigenvalue weighted by atomic mass is 19.1. The van der Waals surface area contributed by atoms with Crippen LogP contribution in [0.25, 0.3) is 0 Å².